The van der Waals surface area contributed by atoms with E-state index < -0.39 is 0 Å². The zero-order valence-electron chi connectivity index (χ0n) is 13.0. The summed E-state index contributed by atoms with van der Waals surface area (Å²) >= 11 is 0. The maximum absolute atomic E-state index is 12.3. The fourth-order valence-electron chi connectivity index (χ4n) is 2.71. The van der Waals surface area contributed by atoms with Crippen LogP contribution in [0.25, 0.3) is 0 Å². The topological polar surface area (TPSA) is 66.4 Å². The predicted molar refractivity (Wildman–Crippen MR) is 80.4 cm³/mol. The molecule has 0 bridgehead atoms. The van der Waals surface area contributed by atoms with Gasteiger partial charge in [-0.25, -0.2) is 0 Å². The number of carbonyl (C=O) groups excluding carboxylic acids is 1. The molecule has 7 nitrogen and oxygen atoms in total. The highest BCUT2D eigenvalue weighted by atomic mass is 16.5. The zero-order valence-corrected chi connectivity index (χ0v) is 13.0. The summed E-state index contributed by atoms with van der Waals surface area (Å²) in [6.45, 7) is 5.14. The van der Waals surface area contributed by atoms with E-state index in [1.807, 2.05) is 4.90 Å². The van der Waals surface area contributed by atoms with Crippen LogP contribution in [0.2, 0.25) is 0 Å². The molecule has 0 aromatic heterocycles. The smallest absolute Gasteiger partial charge is 0.251 e. The fourth-order valence-corrected chi connectivity index (χ4v) is 2.71. The lowest BCUT2D eigenvalue weighted by atomic mass is 10.2. The van der Waals surface area contributed by atoms with Crippen molar-refractivity contribution in [3.05, 3.63) is 0 Å². The number of amides is 1. The lowest BCUT2D eigenvalue weighted by Crippen LogP contribution is -2.55. The summed E-state index contributed by atoms with van der Waals surface area (Å²) in [5.41, 5.74) is 0. The predicted octanol–water partition coefficient (Wildman–Crippen LogP) is -0.469. The molecule has 2 aliphatic rings. The number of carbonyl (C=O) groups is 1. The highest BCUT2D eigenvalue weighted by Crippen LogP contribution is 2.16. The standard InChI is InChI=1S/C14H26N4O3/c1-15-14(16-5-11-20-2)18-8-6-17(7-9-18)13(19)12-4-3-10-21-12/h12H,3-11H2,1-2H3,(H,15,16). The molecule has 1 amide bonds. The molecule has 1 N–H and O–H groups in total. The van der Waals surface area contributed by atoms with E-state index in [1.165, 1.54) is 0 Å². The number of piperazine rings is 1. The quantitative estimate of drug-likeness (QED) is 0.432. The third-order valence-corrected chi connectivity index (χ3v) is 3.90. The number of rotatable bonds is 4. The normalized spacial score (nSPS) is 23.5. The summed E-state index contributed by atoms with van der Waals surface area (Å²) in [7, 11) is 3.46. The van der Waals surface area contributed by atoms with Crippen LogP contribution in [0, 0.1) is 0 Å². The van der Waals surface area contributed by atoms with E-state index in [1.54, 1.807) is 14.2 Å². The van der Waals surface area contributed by atoms with Gasteiger partial charge >= 0.3 is 0 Å². The summed E-state index contributed by atoms with van der Waals surface area (Å²) in [5.74, 6) is 1.02. The first kappa shape index (κ1) is 16.0. The van der Waals surface area contributed by atoms with E-state index in [2.05, 4.69) is 15.2 Å². The molecule has 0 aliphatic carbocycles. The molecule has 0 radical (unpaired) electrons. The SMILES string of the molecule is CN=C(NCCOC)N1CCN(C(=O)C2CCCO2)CC1. The van der Waals surface area contributed by atoms with E-state index in [4.69, 9.17) is 9.47 Å². The largest absolute Gasteiger partial charge is 0.383 e. The maximum atomic E-state index is 12.3. The third kappa shape index (κ3) is 4.31. The van der Waals surface area contributed by atoms with Gasteiger partial charge in [0.2, 0.25) is 0 Å². The van der Waals surface area contributed by atoms with Gasteiger partial charge in [-0.15, -0.1) is 0 Å². The van der Waals surface area contributed by atoms with Crippen molar-refractivity contribution in [3.63, 3.8) is 0 Å². The van der Waals surface area contributed by atoms with E-state index in [0.717, 1.165) is 51.5 Å². The van der Waals surface area contributed by atoms with E-state index >= 15 is 0 Å². The van der Waals surface area contributed by atoms with Gasteiger partial charge in [-0.2, -0.15) is 0 Å². The number of hydrogen-bond acceptors (Lipinski definition) is 4. The molecule has 7 heteroatoms. The van der Waals surface area contributed by atoms with E-state index in [0.29, 0.717) is 13.2 Å². The van der Waals surface area contributed by atoms with Gasteiger partial charge in [0.05, 0.1) is 6.61 Å². The minimum Gasteiger partial charge on any atom is -0.383 e. The Kier molecular flexibility index (Phi) is 6.25. The first-order valence-corrected chi connectivity index (χ1v) is 7.61. The van der Waals surface area contributed by atoms with Crippen LogP contribution >= 0.6 is 0 Å². The van der Waals surface area contributed by atoms with Crippen LogP contribution in [-0.2, 0) is 14.3 Å². The van der Waals surface area contributed by atoms with Crippen molar-refractivity contribution < 1.29 is 14.3 Å². The number of methoxy groups -OCH3 is 1. The van der Waals surface area contributed by atoms with Crippen LogP contribution in [0.1, 0.15) is 12.8 Å². The summed E-state index contributed by atoms with van der Waals surface area (Å²) < 4.78 is 10.5. The Hall–Kier alpha value is -1.34. The molecule has 0 aromatic rings. The van der Waals surface area contributed by atoms with Crippen molar-refractivity contribution in [2.45, 2.75) is 18.9 Å². The monoisotopic (exact) mass is 298 g/mol. The van der Waals surface area contributed by atoms with Gasteiger partial charge in [-0.3, -0.25) is 9.79 Å². The van der Waals surface area contributed by atoms with Crippen molar-refractivity contribution in [2.75, 3.05) is 60.1 Å². The minimum absolute atomic E-state index is 0.148. The lowest BCUT2D eigenvalue weighted by molar-refractivity contribution is -0.142. The van der Waals surface area contributed by atoms with E-state index in [9.17, 15) is 4.79 Å². The molecule has 0 saturated carbocycles. The molecule has 1 atom stereocenters. The van der Waals surface area contributed by atoms with Crippen LogP contribution in [0.3, 0.4) is 0 Å². The van der Waals surface area contributed by atoms with Crippen LogP contribution in [0.5, 0.6) is 0 Å². The van der Waals surface area contributed by atoms with Gasteiger partial charge in [0.15, 0.2) is 5.96 Å². The van der Waals surface area contributed by atoms with Crippen LogP contribution in [0.4, 0.5) is 0 Å². The zero-order chi connectivity index (χ0) is 15.1. The Bertz CT molecular complexity index is 361. The van der Waals surface area contributed by atoms with Crippen LogP contribution in [0.15, 0.2) is 4.99 Å². The summed E-state index contributed by atoms with van der Waals surface area (Å²) in [5, 5.41) is 3.26. The molecular weight excluding hydrogens is 272 g/mol. The molecule has 2 aliphatic heterocycles. The molecule has 2 saturated heterocycles. The second-order valence-electron chi connectivity index (χ2n) is 5.28. The average molecular weight is 298 g/mol. The van der Waals surface area contributed by atoms with Gasteiger partial charge in [-0.05, 0) is 12.8 Å². The Balaban J connectivity index is 1.77. The van der Waals surface area contributed by atoms with Crippen LogP contribution < -0.4 is 5.32 Å². The molecule has 1 unspecified atom stereocenters. The van der Waals surface area contributed by atoms with Gasteiger partial charge in [0.25, 0.3) is 5.91 Å². The molecular formula is C14H26N4O3. The number of nitrogens with one attached hydrogen (secondary N) is 1. The van der Waals surface area contributed by atoms with E-state index in [-0.39, 0.29) is 12.0 Å². The van der Waals surface area contributed by atoms with Crippen molar-refractivity contribution in [1.29, 1.82) is 0 Å². The highest BCUT2D eigenvalue weighted by molar-refractivity contribution is 5.82. The number of ether oxygens (including phenoxy) is 2. The Morgan fingerprint density at radius 2 is 2.05 bits per heavy atom. The summed E-state index contributed by atoms with van der Waals surface area (Å²) in [6.07, 6.45) is 1.64. The van der Waals surface area contributed by atoms with Crippen molar-refractivity contribution in [1.82, 2.24) is 15.1 Å². The molecule has 2 heterocycles. The van der Waals surface area contributed by atoms with Gasteiger partial charge in [0.1, 0.15) is 6.10 Å². The van der Waals surface area contributed by atoms with Crippen molar-refractivity contribution >= 4 is 11.9 Å². The molecule has 120 valence electrons. The highest BCUT2D eigenvalue weighted by Gasteiger charge is 2.30. The first-order valence-electron chi connectivity index (χ1n) is 7.61. The number of guanidine groups is 1. The number of hydrogen-bond donors (Lipinski definition) is 1. The maximum Gasteiger partial charge on any atom is 0.251 e. The molecule has 0 aromatic carbocycles. The Labute approximate surface area is 126 Å². The van der Waals surface area contributed by atoms with Crippen LogP contribution in [-0.4, -0.2) is 87.9 Å². The van der Waals surface area contributed by atoms with Gasteiger partial charge in [-0.1, -0.05) is 0 Å². The van der Waals surface area contributed by atoms with Crippen molar-refractivity contribution in [2.24, 2.45) is 4.99 Å². The molecule has 0 spiro atoms. The van der Waals surface area contributed by atoms with Gasteiger partial charge < -0.3 is 24.6 Å². The molecule has 2 fully saturated rings. The van der Waals surface area contributed by atoms with Gasteiger partial charge in [0, 0.05) is 53.5 Å². The third-order valence-electron chi connectivity index (χ3n) is 3.90. The Morgan fingerprint density at radius 1 is 1.33 bits per heavy atom. The number of nitrogens with zero attached hydrogens (tertiary/aromatic N) is 3. The minimum atomic E-state index is -0.212. The second kappa shape index (κ2) is 8.19. The lowest BCUT2D eigenvalue weighted by Gasteiger charge is -2.37. The Morgan fingerprint density at radius 3 is 2.62 bits per heavy atom. The first-order chi connectivity index (χ1) is 10.3. The average Bonchev–Trinajstić information content (AvgIpc) is 3.06. The molecule has 2 rings (SSSR count). The molecule has 21 heavy (non-hydrogen) atoms. The van der Waals surface area contributed by atoms with Crippen molar-refractivity contribution in [3.8, 4) is 0 Å². The summed E-state index contributed by atoms with van der Waals surface area (Å²) in [4.78, 5) is 20.6. The fraction of sp³-hybridized carbons (Fsp3) is 0.857. The number of aliphatic imine (C=N–C) groups is 1. The second-order valence-corrected chi connectivity index (χ2v) is 5.28. The summed E-state index contributed by atoms with van der Waals surface area (Å²) in [6, 6.07) is 0.